The molecule has 0 unspecified atom stereocenters. The second-order valence-electron chi connectivity index (χ2n) is 3.25. The Balaban J connectivity index is 2.31. The second-order valence-corrected chi connectivity index (χ2v) is 6.02. The van der Waals surface area contributed by atoms with Gasteiger partial charge in [-0.1, -0.05) is 58.2 Å². The molecule has 0 spiro atoms. The highest BCUT2D eigenvalue weighted by Gasteiger charge is 2.07. The van der Waals surface area contributed by atoms with Gasteiger partial charge in [-0.3, -0.25) is 0 Å². The van der Waals surface area contributed by atoms with Crippen LogP contribution >= 0.6 is 58.2 Å². The Morgan fingerprint density at radius 3 is 1.41 bits per heavy atom. The van der Waals surface area contributed by atoms with E-state index in [9.17, 15) is 0 Å². The van der Waals surface area contributed by atoms with Crippen LogP contribution in [-0.4, -0.2) is 0 Å². The Morgan fingerprint density at radius 2 is 1.06 bits per heavy atom. The summed E-state index contributed by atoms with van der Waals surface area (Å²) in [6.07, 6.45) is 0. The van der Waals surface area contributed by atoms with Gasteiger partial charge in [0.2, 0.25) is 0 Å². The smallest absolute Gasteiger partial charge is 0.0560 e. The topological polar surface area (TPSA) is 0 Å². The molecule has 2 aromatic carbocycles. The van der Waals surface area contributed by atoms with Gasteiger partial charge in [0.05, 0.1) is 10.0 Å². The molecule has 5 heteroatoms. The van der Waals surface area contributed by atoms with Crippen LogP contribution in [0.4, 0.5) is 0 Å². The summed E-state index contributed by atoms with van der Waals surface area (Å²) in [4.78, 5) is 1.81. The van der Waals surface area contributed by atoms with Gasteiger partial charge in [-0.2, -0.15) is 0 Å². The van der Waals surface area contributed by atoms with E-state index in [0.717, 1.165) is 9.79 Å². The van der Waals surface area contributed by atoms with Gasteiger partial charge in [0, 0.05) is 19.8 Å². The van der Waals surface area contributed by atoms with Crippen molar-refractivity contribution in [1.29, 1.82) is 0 Å². The predicted octanol–water partition coefficient (Wildman–Crippen LogP) is 6.45. The van der Waals surface area contributed by atoms with E-state index in [1.54, 1.807) is 24.3 Å². The number of hydrogen-bond donors (Lipinski definition) is 0. The Bertz CT molecular complexity index is 505. The average molecular weight is 324 g/mol. The maximum atomic E-state index is 6.09. The van der Waals surface area contributed by atoms with Crippen LogP contribution < -0.4 is 0 Å². The van der Waals surface area contributed by atoms with Crippen molar-refractivity contribution in [3.63, 3.8) is 0 Å². The molecule has 2 aromatic rings. The molecule has 17 heavy (non-hydrogen) atoms. The fourth-order valence-corrected chi connectivity index (χ4v) is 3.10. The van der Waals surface area contributed by atoms with Crippen molar-refractivity contribution in [3.05, 3.63) is 56.5 Å². The van der Waals surface area contributed by atoms with E-state index in [2.05, 4.69) is 0 Å². The quantitative estimate of drug-likeness (QED) is 0.611. The van der Waals surface area contributed by atoms with E-state index in [-0.39, 0.29) is 0 Å². The molecule has 0 nitrogen and oxygen atoms in total. The highest BCUT2D eigenvalue weighted by molar-refractivity contribution is 7.99. The third-order valence-electron chi connectivity index (χ3n) is 2.01. The summed E-state index contributed by atoms with van der Waals surface area (Å²) in [7, 11) is 0. The maximum absolute atomic E-state index is 6.09. The molecule has 0 N–H and O–H groups in total. The lowest BCUT2D eigenvalue weighted by molar-refractivity contribution is 1.41. The van der Waals surface area contributed by atoms with Gasteiger partial charge in [0.25, 0.3) is 0 Å². The lowest BCUT2D eigenvalue weighted by Gasteiger charge is -2.06. The van der Waals surface area contributed by atoms with Crippen LogP contribution in [0.1, 0.15) is 0 Å². The second kappa shape index (κ2) is 5.73. The number of benzene rings is 2. The molecule has 0 amide bonds. The van der Waals surface area contributed by atoms with E-state index < -0.39 is 0 Å². The third-order valence-corrected chi connectivity index (χ3v) is 4.48. The first kappa shape index (κ1) is 13.4. The fourth-order valence-electron chi connectivity index (χ4n) is 1.23. The molecular weight excluding hydrogens is 318 g/mol. The van der Waals surface area contributed by atoms with E-state index in [1.165, 1.54) is 11.8 Å². The highest BCUT2D eigenvalue weighted by Crippen LogP contribution is 2.38. The van der Waals surface area contributed by atoms with Crippen LogP contribution in [0.5, 0.6) is 0 Å². The average Bonchev–Trinajstić information content (AvgIpc) is 2.25. The summed E-state index contributed by atoms with van der Waals surface area (Å²) in [6, 6.07) is 10.7. The molecule has 0 saturated carbocycles. The van der Waals surface area contributed by atoms with Crippen LogP contribution in [0, 0.1) is 0 Å². The van der Waals surface area contributed by atoms with Gasteiger partial charge in [-0.15, -0.1) is 0 Å². The summed E-state index contributed by atoms with van der Waals surface area (Å²) in [5.74, 6) is 0. The fraction of sp³-hybridized carbons (Fsp3) is 0. The van der Waals surface area contributed by atoms with Crippen molar-refractivity contribution in [2.75, 3.05) is 0 Å². The van der Waals surface area contributed by atoms with Crippen LogP contribution in [0.15, 0.2) is 46.2 Å². The molecule has 0 radical (unpaired) electrons. The van der Waals surface area contributed by atoms with Crippen molar-refractivity contribution < 1.29 is 0 Å². The van der Waals surface area contributed by atoms with Gasteiger partial charge in [-0.25, -0.2) is 0 Å². The first-order valence-electron chi connectivity index (χ1n) is 4.64. The molecule has 0 bridgehead atoms. The van der Waals surface area contributed by atoms with Crippen LogP contribution in [-0.2, 0) is 0 Å². The minimum Gasteiger partial charge on any atom is -0.0870 e. The normalized spacial score (nSPS) is 10.6. The minimum atomic E-state index is 0.605. The predicted molar refractivity (Wildman–Crippen MR) is 77.0 cm³/mol. The van der Waals surface area contributed by atoms with E-state index in [0.29, 0.717) is 20.1 Å². The van der Waals surface area contributed by atoms with Crippen molar-refractivity contribution >= 4 is 58.2 Å². The molecule has 0 aliphatic carbocycles. The van der Waals surface area contributed by atoms with Gasteiger partial charge in [0.15, 0.2) is 0 Å². The van der Waals surface area contributed by atoms with Gasteiger partial charge < -0.3 is 0 Å². The summed E-state index contributed by atoms with van der Waals surface area (Å²) in [5, 5.41) is 2.44. The monoisotopic (exact) mass is 322 g/mol. The molecule has 0 saturated heterocycles. The molecule has 0 aromatic heterocycles. The van der Waals surface area contributed by atoms with Crippen molar-refractivity contribution in [1.82, 2.24) is 0 Å². The summed E-state index contributed by atoms with van der Waals surface area (Å²) in [5.41, 5.74) is 0. The summed E-state index contributed by atoms with van der Waals surface area (Å²) < 4.78 is 0. The Morgan fingerprint density at radius 1 is 0.647 bits per heavy atom. The maximum Gasteiger partial charge on any atom is 0.0560 e. The molecule has 0 aliphatic rings. The van der Waals surface area contributed by atoms with Gasteiger partial charge in [-0.05, 0) is 36.4 Å². The number of hydrogen-bond acceptors (Lipinski definition) is 1. The first-order valence-corrected chi connectivity index (χ1v) is 6.97. The van der Waals surface area contributed by atoms with Crippen LogP contribution in [0.25, 0.3) is 0 Å². The molecule has 0 heterocycles. The van der Waals surface area contributed by atoms with Crippen molar-refractivity contribution in [3.8, 4) is 0 Å². The molecule has 88 valence electrons. The third kappa shape index (κ3) is 3.46. The zero-order valence-corrected chi connectivity index (χ0v) is 12.2. The van der Waals surface area contributed by atoms with Gasteiger partial charge >= 0.3 is 0 Å². The largest absolute Gasteiger partial charge is 0.0870 e. The van der Waals surface area contributed by atoms with Crippen molar-refractivity contribution in [2.24, 2.45) is 0 Å². The Hall–Kier alpha value is -0.0500. The van der Waals surface area contributed by atoms with Crippen molar-refractivity contribution in [2.45, 2.75) is 9.79 Å². The van der Waals surface area contributed by atoms with E-state index in [4.69, 9.17) is 46.4 Å². The SMILES string of the molecule is Clc1ccc(Sc2ccc(Cl)cc2Cl)c(Cl)c1. The zero-order valence-electron chi connectivity index (χ0n) is 8.38. The van der Waals surface area contributed by atoms with Gasteiger partial charge in [0.1, 0.15) is 0 Å². The highest BCUT2D eigenvalue weighted by atomic mass is 35.5. The summed E-state index contributed by atoms with van der Waals surface area (Å²) in [6.45, 7) is 0. The zero-order chi connectivity index (χ0) is 12.4. The summed E-state index contributed by atoms with van der Waals surface area (Å²) >= 11 is 25.3. The Kier molecular flexibility index (Phi) is 4.51. The van der Waals surface area contributed by atoms with E-state index in [1.807, 2.05) is 12.1 Å². The Labute approximate surface area is 124 Å². The molecular formula is C12H6Cl4S. The standard InChI is InChI=1S/C12H6Cl4S/c13-7-1-3-11(9(15)5-7)17-12-4-2-8(14)6-10(12)16/h1-6H. The first-order chi connectivity index (χ1) is 8.06. The minimum absolute atomic E-state index is 0.605. The number of rotatable bonds is 2. The lowest BCUT2D eigenvalue weighted by Crippen LogP contribution is -1.78. The molecule has 0 aliphatic heterocycles. The van der Waals surface area contributed by atoms with Crippen LogP contribution in [0.3, 0.4) is 0 Å². The molecule has 0 atom stereocenters. The van der Waals surface area contributed by atoms with E-state index >= 15 is 0 Å². The van der Waals surface area contributed by atoms with Crippen LogP contribution in [0.2, 0.25) is 20.1 Å². The number of halogens is 4. The molecule has 2 rings (SSSR count). The molecule has 0 fully saturated rings. The lowest BCUT2D eigenvalue weighted by atomic mass is 10.3.